The second-order valence-electron chi connectivity index (χ2n) is 6.44. The first kappa shape index (κ1) is 14.3. The number of rotatable bonds is 5. The van der Waals surface area contributed by atoms with Crippen molar-refractivity contribution < 1.29 is 0 Å². The van der Waals surface area contributed by atoms with Gasteiger partial charge < -0.3 is 15.1 Å². The lowest BCUT2D eigenvalue weighted by Gasteiger charge is -2.36. The zero-order chi connectivity index (χ0) is 13.0. The predicted molar refractivity (Wildman–Crippen MR) is 78.0 cm³/mol. The molecule has 0 aromatic heterocycles. The zero-order valence-electron chi connectivity index (χ0n) is 12.5. The van der Waals surface area contributed by atoms with E-state index in [4.69, 9.17) is 0 Å². The molecular formula is C15H31N3. The molecule has 1 saturated heterocycles. The third-order valence-corrected chi connectivity index (χ3v) is 5.06. The Labute approximate surface area is 113 Å². The molecule has 2 aliphatic rings. The van der Waals surface area contributed by atoms with Crippen molar-refractivity contribution in [3.05, 3.63) is 0 Å². The van der Waals surface area contributed by atoms with Crippen molar-refractivity contribution in [2.75, 3.05) is 40.8 Å². The lowest BCUT2D eigenvalue weighted by Crippen LogP contribution is -2.45. The van der Waals surface area contributed by atoms with E-state index < -0.39 is 0 Å². The molecule has 0 amide bonds. The summed E-state index contributed by atoms with van der Waals surface area (Å²) in [6, 6.07) is 1.57. The second kappa shape index (κ2) is 6.88. The first-order chi connectivity index (χ1) is 8.70. The first-order valence-corrected chi connectivity index (χ1v) is 7.76. The van der Waals surface area contributed by atoms with Gasteiger partial charge in [0, 0.05) is 18.6 Å². The summed E-state index contributed by atoms with van der Waals surface area (Å²) in [7, 11) is 6.58. The maximum absolute atomic E-state index is 3.50. The van der Waals surface area contributed by atoms with Crippen LogP contribution in [0.2, 0.25) is 0 Å². The molecule has 18 heavy (non-hydrogen) atoms. The third-order valence-electron chi connectivity index (χ3n) is 5.06. The van der Waals surface area contributed by atoms with Gasteiger partial charge in [-0.3, -0.25) is 0 Å². The van der Waals surface area contributed by atoms with Gasteiger partial charge >= 0.3 is 0 Å². The molecule has 1 N–H and O–H groups in total. The number of hydrogen-bond acceptors (Lipinski definition) is 3. The summed E-state index contributed by atoms with van der Waals surface area (Å²) in [6.07, 6.45) is 8.41. The summed E-state index contributed by atoms with van der Waals surface area (Å²) in [4.78, 5) is 5.09. The Morgan fingerprint density at radius 1 is 1.17 bits per heavy atom. The van der Waals surface area contributed by atoms with Crippen molar-refractivity contribution in [2.45, 2.75) is 50.6 Å². The van der Waals surface area contributed by atoms with Crippen LogP contribution < -0.4 is 5.32 Å². The summed E-state index contributed by atoms with van der Waals surface area (Å²) in [5, 5.41) is 3.50. The molecule has 1 aliphatic heterocycles. The highest BCUT2D eigenvalue weighted by Crippen LogP contribution is 2.28. The summed E-state index contributed by atoms with van der Waals surface area (Å²) in [6.45, 7) is 3.92. The number of piperidine rings is 1. The molecule has 3 atom stereocenters. The highest BCUT2D eigenvalue weighted by Gasteiger charge is 2.27. The molecule has 1 heterocycles. The van der Waals surface area contributed by atoms with Crippen LogP contribution in [-0.2, 0) is 0 Å². The average molecular weight is 253 g/mol. The van der Waals surface area contributed by atoms with Crippen LogP contribution in [0.4, 0.5) is 0 Å². The van der Waals surface area contributed by atoms with E-state index in [0.717, 1.165) is 18.0 Å². The maximum atomic E-state index is 3.50. The topological polar surface area (TPSA) is 18.5 Å². The Bertz CT molecular complexity index is 242. The number of nitrogens with one attached hydrogen (secondary N) is 1. The van der Waals surface area contributed by atoms with E-state index in [0.29, 0.717) is 0 Å². The normalized spacial score (nSPS) is 34.3. The Balaban J connectivity index is 1.72. The highest BCUT2D eigenvalue weighted by molar-refractivity contribution is 4.84. The number of likely N-dealkylation sites (N-methyl/N-ethyl adjacent to an activating group) is 1. The maximum Gasteiger partial charge on any atom is 0.0217 e. The third kappa shape index (κ3) is 3.69. The van der Waals surface area contributed by atoms with E-state index in [9.17, 15) is 0 Å². The van der Waals surface area contributed by atoms with Crippen molar-refractivity contribution >= 4 is 0 Å². The molecule has 2 fully saturated rings. The molecule has 3 unspecified atom stereocenters. The SMILES string of the molecule is CNC1CCCC1CCN1CCCC(N(C)C)C1. The minimum atomic E-state index is 0.780. The summed E-state index contributed by atoms with van der Waals surface area (Å²) in [5.41, 5.74) is 0. The number of nitrogens with zero attached hydrogens (tertiary/aromatic N) is 2. The Morgan fingerprint density at radius 3 is 2.72 bits per heavy atom. The lowest BCUT2D eigenvalue weighted by molar-refractivity contribution is 0.126. The second-order valence-corrected chi connectivity index (χ2v) is 6.44. The molecule has 1 aliphatic carbocycles. The zero-order valence-corrected chi connectivity index (χ0v) is 12.5. The highest BCUT2D eigenvalue weighted by atomic mass is 15.2. The van der Waals surface area contributed by atoms with E-state index in [1.807, 2.05) is 0 Å². The largest absolute Gasteiger partial charge is 0.317 e. The molecule has 0 spiro atoms. The fourth-order valence-electron chi connectivity index (χ4n) is 3.77. The molecule has 0 aromatic rings. The fraction of sp³-hybridized carbons (Fsp3) is 1.00. The van der Waals surface area contributed by atoms with Gasteiger partial charge in [0.1, 0.15) is 0 Å². The van der Waals surface area contributed by atoms with Gasteiger partial charge in [0.2, 0.25) is 0 Å². The van der Waals surface area contributed by atoms with Gasteiger partial charge in [-0.15, -0.1) is 0 Å². The van der Waals surface area contributed by atoms with Gasteiger partial charge in [-0.1, -0.05) is 6.42 Å². The molecule has 3 heteroatoms. The van der Waals surface area contributed by atoms with Gasteiger partial charge in [-0.05, 0) is 72.3 Å². The minimum Gasteiger partial charge on any atom is -0.317 e. The average Bonchev–Trinajstić information content (AvgIpc) is 2.84. The number of likely N-dealkylation sites (tertiary alicyclic amines) is 1. The Hall–Kier alpha value is -0.120. The van der Waals surface area contributed by atoms with Crippen molar-refractivity contribution in [2.24, 2.45) is 5.92 Å². The predicted octanol–water partition coefficient (Wildman–Crippen LogP) is 1.79. The summed E-state index contributed by atoms with van der Waals surface area (Å²) >= 11 is 0. The van der Waals surface area contributed by atoms with Gasteiger partial charge in [-0.2, -0.15) is 0 Å². The van der Waals surface area contributed by atoms with E-state index in [1.165, 1.54) is 58.2 Å². The summed E-state index contributed by atoms with van der Waals surface area (Å²) in [5.74, 6) is 0.926. The van der Waals surface area contributed by atoms with Crippen molar-refractivity contribution in [1.29, 1.82) is 0 Å². The van der Waals surface area contributed by atoms with Crippen LogP contribution >= 0.6 is 0 Å². The van der Waals surface area contributed by atoms with Crippen LogP contribution in [0.1, 0.15) is 38.5 Å². The van der Waals surface area contributed by atoms with Crippen LogP contribution in [0.25, 0.3) is 0 Å². The molecule has 3 nitrogen and oxygen atoms in total. The Morgan fingerprint density at radius 2 is 2.00 bits per heavy atom. The first-order valence-electron chi connectivity index (χ1n) is 7.76. The smallest absolute Gasteiger partial charge is 0.0217 e. The fourth-order valence-corrected chi connectivity index (χ4v) is 3.77. The van der Waals surface area contributed by atoms with E-state index in [2.05, 4.69) is 36.3 Å². The summed E-state index contributed by atoms with van der Waals surface area (Å²) < 4.78 is 0. The van der Waals surface area contributed by atoms with E-state index in [-0.39, 0.29) is 0 Å². The Kier molecular flexibility index (Phi) is 5.46. The molecule has 0 aromatic carbocycles. The van der Waals surface area contributed by atoms with E-state index >= 15 is 0 Å². The van der Waals surface area contributed by atoms with Crippen LogP contribution in [0, 0.1) is 5.92 Å². The van der Waals surface area contributed by atoms with Crippen LogP contribution in [0.15, 0.2) is 0 Å². The minimum absolute atomic E-state index is 0.780. The van der Waals surface area contributed by atoms with Crippen LogP contribution in [-0.4, -0.2) is 62.7 Å². The molecular weight excluding hydrogens is 222 g/mol. The molecule has 2 rings (SSSR count). The molecule has 0 radical (unpaired) electrons. The van der Waals surface area contributed by atoms with Gasteiger partial charge in [0.25, 0.3) is 0 Å². The van der Waals surface area contributed by atoms with Gasteiger partial charge in [-0.25, -0.2) is 0 Å². The van der Waals surface area contributed by atoms with Crippen molar-refractivity contribution in [1.82, 2.24) is 15.1 Å². The standard InChI is InChI=1S/C15H31N3/c1-16-15-8-4-6-13(15)9-11-18-10-5-7-14(12-18)17(2)3/h13-16H,4-12H2,1-3H3. The van der Waals surface area contributed by atoms with Gasteiger partial charge in [0.05, 0.1) is 0 Å². The van der Waals surface area contributed by atoms with Gasteiger partial charge in [0.15, 0.2) is 0 Å². The lowest BCUT2D eigenvalue weighted by atomic mass is 9.98. The monoisotopic (exact) mass is 253 g/mol. The van der Waals surface area contributed by atoms with Crippen LogP contribution in [0.3, 0.4) is 0 Å². The number of hydrogen-bond donors (Lipinski definition) is 1. The molecule has 106 valence electrons. The van der Waals surface area contributed by atoms with E-state index in [1.54, 1.807) is 0 Å². The van der Waals surface area contributed by atoms with Crippen molar-refractivity contribution in [3.63, 3.8) is 0 Å². The molecule has 1 saturated carbocycles. The van der Waals surface area contributed by atoms with Crippen LogP contribution in [0.5, 0.6) is 0 Å². The van der Waals surface area contributed by atoms with Crippen molar-refractivity contribution in [3.8, 4) is 0 Å². The quantitative estimate of drug-likeness (QED) is 0.806. The molecule has 0 bridgehead atoms.